The van der Waals surface area contributed by atoms with Crippen LogP contribution in [0.4, 0.5) is 0 Å². The number of ether oxygens (including phenoxy) is 3. The number of unbranched alkanes of at least 4 members (excludes halogenated alkanes) is 25. The number of allylic oxidation sites excluding steroid dienone is 22. The maximum absolute atomic E-state index is 12.9. The Hall–Kier alpha value is -4.45. The van der Waals surface area contributed by atoms with Crippen LogP contribution in [0.25, 0.3) is 0 Å². The zero-order valence-electron chi connectivity index (χ0n) is 51.3. The number of hydrogen-bond donors (Lipinski definition) is 0. The molecule has 0 aliphatic rings. The lowest BCUT2D eigenvalue weighted by Crippen LogP contribution is -2.30. The smallest absolute Gasteiger partial charge is 0.306 e. The number of carbonyl (C=O) groups is 3. The van der Waals surface area contributed by atoms with Gasteiger partial charge in [-0.2, -0.15) is 0 Å². The summed E-state index contributed by atoms with van der Waals surface area (Å²) < 4.78 is 16.9. The predicted octanol–water partition coefficient (Wildman–Crippen LogP) is 22.5. The first-order valence-electron chi connectivity index (χ1n) is 32.7. The molecule has 0 radical (unpaired) electrons. The summed E-state index contributed by atoms with van der Waals surface area (Å²) in [5.41, 5.74) is 0. The van der Waals surface area contributed by atoms with E-state index in [0.29, 0.717) is 19.3 Å². The van der Waals surface area contributed by atoms with Gasteiger partial charge in [0.25, 0.3) is 0 Å². The van der Waals surface area contributed by atoms with Crippen LogP contribution in [0.2, 0.25) is 0 Å². The molecule has 0 heterocycles. The van der Waals surface area contributed by atoms with Crippen LogP contribution < -0.4 is 0 Å². The fraction of sp³-hybridized carbons (Fsp3) is 0.658. The van der Waals surface area contributed by atoms with Crippen LogP contribution in [0.1, 0.15) is 290 Å². The molecule has 0 spiro atoms. The van der Waals surface area contributed by atoms with Crippen LogP contribution in [-0.4, -0.2) is 37.2 Å². The highest BCUT2D eigenvalue weighted by Gasteiger charge is 2.19. The molecule has 6 nitrogen and oxygen atoms in total. The van der Waals surface area contributed by atoms with E-state index in [2.05, 4.69) is 154 Å². The molecule has 0 aromatic rings. The minimum absolute atomic E-state index is 0.0918. The third-order valence-corrected chi connectivity index (χ3v) is 13.6. The normalized spacial score (nSPS) is 13.0. The highest BCUT2D eigenvalue weighted by molar-refractivity contribution is 5.71. The van der Waals surface area contributed by atoms with E-state index in [0.717, 1.165) is 141 Å². The van der Waals surface area contributed by atoms with Gasteiger partial charge in [0, 0.05) is 19.3 Å². The largest absolute Gasteiger partial charge is 0.462 e. The molecule has 79 heavy (non-hydrogen) atoms. The topological polar surface area (TPSA) is 78.9 Å². The van der Waals surface area contributed by atoms with Gasteiger partial charge in [-0.3, -0.25) is 14.4 Å². The van der Waals surface area contributed by atoms with Gasteiger partial charge in [0.1, 0.15) is 13.2 Å². The molecule has 0 amide bonds. The predicted molar refractivity (Wildman–Crippen MR) is 343 cm³/mol. The van der Waals surface area contributed by atoms with Gasteiger partial charge < -0.3 is 14.2 Å². The average molecular weight is 1090 g/mol. The van der Waals surface area contributed by atoms with Gasteiger partial charge in [0.2, 0.25) is 0 Å². The zero-order valence-corrected chi connectivity index (χ0v) is 51.3. The van der Waals surface area contributed by atoms with E-state index < -0.39 is 6.10 Å². The van der Waals surface area contributed by atoms with Crippen molar-refractivity contribution in [2.24, 2.45) is 0 Å². The van der Waals surface area contributed by atoms with E-state index in [-0.39, 0.29) is 31.1 Å². The minimum Gasteiger partial charge on any atom is -0.462 e. The first kappa shape index (κ1) is 74.5. The molecule has 0 N–H and O–H groups in total. The van der Waals surface area contributed by atoms with Gasteiger partial charge in [-0.15, -0.1) is 0 Å². The Morgan fingerprint density at radius 3 is 0.772 bits per heavy atom. The van der Waals surface area contributed by atoms with E-state index in [1.54, 1.807) is 0 Å². The third-order valence-electron chi connectivity index (χ3n) is 13.6. The summed E-state index contributed by atoms with van der Waals surface area (Å²) in [4.78, 5) is 38.4. The number of rotatable bonds is 58. The second kappa shape index (κ2) is 66.1. The van der Waals surface area contributed by atoms with E-state index in [4.69, 9.17) is 14.2 Å². The van der Waals surface area contributed by atoms with Crippen molar-refractivity contribution >= 4 is 17.9 Å². The van der Waals surface area contributed by atoms with Gasteiger partial charge in [0.15, 0.2) is 6.10 Å². The van der Waals surface area contributed by atoms with Gasteiger partial charge >= 0.3 is 17.9 Å². The van der Waals surface area contributed by atoms with Crippen LogP contribution in [-0.2, 0) is 28.6 Å². The second-order valence-corrected chi connectivity index (χ2v) is 21.3. The third kappa shape index (κ3) is 64.3. The molecular weight excluding hydrogens is 973 g/mol. The van der Waals surface area contributed by atoms with Crippen molar-refractivity contribution < 1.29 is 28.6 Å². The van der Waals surface area contributed by atoms with Crippen molar-refractivity contribution in [1.82, 2.24) is 0 Å². The molecule has 1 unspecified atom stereocenters. The molecule has 0 aromatic carbocycles. The van der Waals surface area contributed by atoms with Gasteiger partial charge in [-0.1, -0.05) is 270 Å². The zero-order chi connectivity index (χ0) is 57.1. The van der Waals surface area contributed by atoms with Crippen LogP contribution >= 0.6 is 0 Å². The first-order valence-corrected chi connectivity index (χ1v) is 32.7. The molecular formula is C73H120O6. The Balaban J connectivity index is 4.40. The fourth-order valence-electron chi connectivity index (χ4n) is 8.79. The number of hydrogen-bond acceptors (Lipinski definition) is 6. The molecule has 0 bridgehead atoms. The Kier molecular flexibility index (Phi) is 62.3. The minimum atomic E-state index is -0.797. The molecule has 0 fully saturated rings. The van der Waals surface area contributed by atoms with Crippen LogP contribution in [0, 0.1) is 0 Å². The lowest BCUT2D eigenvalue weighted by atomic mass is 10.1. The van der Waals surface area contributed by atoms with Crippen LogP contribution in [0.5, 0.6) is 0 Å². The van der Waals surface area contributed by atoms with Crippen molar-refractivity contribution in [3.05, 3.63) is 134 Å². The van der Waals surface area contributed by atoms with E-state index >= 15 is 0 Å². The number of carbonyl (C=O) groups excluding carboxylic acids is 3. The van der Waals surface area contributed by atoms with Crippen molar-refractivity contribution in [1.29, 1.82) is 0 Å². The summed E-state index contributed by atoms with van der Waals surface area (Å²) >= 11 is 0. The van der Waals surface area contributed by atoms with Crippen molar-refractivity contribution in [3.63, 3.8) is 0 Å². The summed E-state index contributed by atoms with van der Waals surface area (Å²) in [7, 11) is 0. The SMILES string of the molecule is CC/C=C\C/C=C\C/C=C\C/C=C\C/C=C\C/C=C\CCCCCCCCCCC(=O)OCC(COC(=O)CCCCCCCCC/C=C\C/C=C\CCCCC)OC(=O)CCCCCCCCC/C=C\C/C=C\C/C=C\CC. The van der Waals surface area contributed by atoms with Gasteiger partial charge in [0.05, 0.1) is 0 Å². The van der Waals surface area contributed by atoms with E-state index in [1.165, 1.54) is 109 Å². The highest BCUT2D eigenvalue weighted by atomic mass is 16.6. The maximum atomic E-state index is 12.9. The molecule has 1 atom stereocenters. The average Bonchev–Trinajstić information content (AvgIpc) is 3.45. The summed E-state index contributed by atoms with van der Waals surface area (Å²) in [5.74, 6) is -0.913. The van der Waals surface area contributed by atoms with Crippen LogP contribution in [0.3, 0.4) is 0 Å². The lowest BCUT2D eigenvalue weighted by molar-refractivity contribution is -0.167. The van der Waals surface area contributed by atoms with Crippen LogP contribution in [0.15, 0.2) is 134 Å². The van der Waals surface area contributed by atoms with Gasteiger partial charge in [-0.05, 0) is 135 Å². The highest BCUT2D eigenvalue weighted by Crippen LogP contribution is 2.15. The van der Waals surface area contributed by atoms with Crippen molar-refractivity contribution in [2.75, 3.05) is 13.2 Å². The Morgan fingerprint density at radius 1 is 0.266 bits per heavy atom. The molecule has 448 valence electrons. The van der Waals surface area contributed by atoms with Crippen molar-refractivity contribution in [2.45, 2.75) is 297 Å². The first-order chi connectivity index (χ1) is 39.0. The van der Waals surface area contributed by atoms with Crippen molar-refractivity contribution in [3.8, 4) is 0 Å². The molecule has 0 saturated heterocycles. The molecule has 0 aliphatic heterocycles. The maximum Gasteiger partial charge on any atom is 0.306 e. The summed E-state index contributed by atoms with van der Waals surface area (Å²) in [5, 5.41) is 0. The number of esters is 3. The Morgan fingerprint density at radius 2 is 0.494 bits per heavy atom. The molecule has 0 rings (SSSR count). The second-order valence-electron chi connectivity index (χ2n) is 21.3. The molecule has 0 saturated carbocycles. The molecule has 0 aromatic heterocycles. The lowest BCUT2D eigenvalue weighted by Gasteiger charge is -2.18. The fourth-order valence-corrected chi connectivity index (χ4v) is 8.79. The summed E-state index contributed by atoms with van der Waals surface area (Å²) in [6.07, 6.45) is 93.0. The van der Waals surface area contributed by atoms with E-state index in [9.17, 15) is 14.4 Å². The Bertz CT molecular complexity index is 1680. The van der Waals surface area contributed by atoms with E-state index in [1.807, 2.05) is 0 Å². The summed E-state index contributed by atoms with van der Waals surface area (Å²) in [6, 6.07) is 0. The quantitative estimate of drug-likeness (QED) is 0.0261. The standard InChI is InChI=1S/C73H120O6/c1-4-7-10-13-16-19-22-25-28-31-32-33-34-35-36-37-38-39-40-43-45-48-51-54-57-60-63-66-72(75)78-69-70(79-73(76)67-64-61-58-55-52-49-46-42-30-27-24-21-18-15-12-9-6-3)68-77-71(74)65-62-59-56-53-50-47-44-41-29-26-23-20-17-14-11-8-5-2/h7,9-10,12,16-21,25-30,32-33,35-36,38-39,70H,4-6,8,11,13-15,22-24,31,34,37,40-69H2,1-3H3/b10-7-,12-9-,19-16-,20-17-,21-18-,28-25-,29-26-,30-27-,33-32-,36-35-,39-38-. The Labute approximate surface area is 487 Å². The monoisotopic (exact) mass is 1090 g/mol. The molecule has 0 aliphatic carbocycles. The molecule has 6 heteroatoms. The summed E-state index contributed by atoms with van der Waals surface area (Å²) in [6.45, 7) is 6.38. The van der Waals surface area contributed by atoms with Gasteiger partial charge in [-0.25, -0.2) is 0 Å².